The Bertz CT molecular complexity index is 2050. The van der Waals surface area contributed by atoms with Crippen molar-refractivity contribution in [2.75, 3.05) is 11.9 Å². The topological polar surface area (TPSA) is 141 Å². The summed E-state index contributed by atoms with van der Waals surface area (Å²) >= 11 is 0. The lowest BCUT2D eigenvalue weighted by atomic mass is 9.84. The molecule has 9 bridgehead atoms. The summed E-state index contributed by atoms with van der Waals surface area (Å²) < 4.78 is 41.3. The third kappa shape index (κ3) is 5.90. The predicted octanol–water partition coefficient (Wildman–Crippen LogP) is 4.81. The summed E-state index contributed by atoms with van der Waals surface area (Å²) in [7, 11) is -4.04. The van der Waals surface area contributed by atoms with E-state index in [9.17, 15) is 13.2 Å². The van der Waals surface area contributed by atoms with Gasteiger partial charge in [0, 0.05) is 37.5 Å². The van der Waals surface area contributed by atoms with Gasteiger partial charge in [0.1, 0.15) is 23.3 Å². The molecule has 1 N–H and O–H groups in total. The molecule has 0 aliphatic carbocycles. The number of anilines is 1. The van der Waals surface area contributed by atoms with Gasteiger partial charge in [-0.05, 0) is 78.8 Å². The molecule has 12 nitrogen and oxygen atoms in total. The highest BCUT2D eigenvalue weighted by Gasteiger charge is 2.33. The molecule has 2 atom stereocenters. The molecule has 0 saturated heterocycles. The fourth-order valence-electron chi connectivity index (χ4n) is 6.14. The maximum absolute atomic E-state index is 13.5. The van der Waals surface area contributed by atoms with Gasteiger partial charge in [0.15, 0.2) is 0 Å². The fourth-order valence-corrected chi connectivity index (χ4v) is 7.23. The average Bonchev–Trinajstić information content (AvgIpc) is 3.45. The lowest BCUT2D eigenvalue weighted by molar-refractivity contribution is -0.116. The van der Waals surface area contributed by atoms with Gasteiger partial charge in [-0.1, -0.05) is 29.5 Å². The van der Waals surface area contributed by atoms with Gasteiger partial charge in [0.2, 0.25) is 5.91 Å². The quantitative estimate of drug-likeness (QED) is 0.294. The van der Waals surface area contributed by atoms with E-state index < -0.39 is 10.3 Å². The van der Waals surface area contributed by atoms with Gasteiger partial charge < -0.3 is 14.2 Å². The summed E-state index contributed by atoms with van der Waals surface area (Å²) in [6.45, 7) is 5.37. The number of carbonyl (C=O) groups excluding carboxylic acids is 1. The Morgan fingerprint density at radius 3 is 2.67 bits per heavy atom. The highest BCUT2D eigenvalue weighted by atomic mass is 32.2. The molecule has 3 aromatic carbocycles. The Kier molecular flexibility index (Phi) is 7.87. The van der Waals surface area contributed by atoms with E-state index in [0.29, 0.717) is 30.3 Å². The molecular formula is C33H33N7O5S. The Labute approximate surface area is 266 Å². The summed E-state index contributed by atoms with van der Waals surface area (Å²) in [5, 5.41) is 11.9. The van der Waals surface area contributed by atoms with E-state index in [4.69, 9.17) is 8.92 Å². The molecule has 3 aliphatic heterocycles. The maximum atomic E-state index is 13.5. The number of ether oxygens (including phenoxy) is 1. The molecule has 13 heteroatoms. The molecule has 1 amide bonds. The first-order chi connectivity index (χ1) is 22.2. The number of fused-ring (bicyclic) bond motifs is 5. The highest BCUT2D eigenvalue weighted by molar-refractivity contribution is 7.84. The standard InChI is InChI=1S/C33H33N7O5S/c1-21-5-6-23-13-24(21)18-39-19-25-14-27(7-10-31(25)45-46(39,42)43)44-12-4-3-11-40-30-9-8-28(22(2)33(30)37-38-40)29(23)15-32(41)36-26-16-34-20-35-17-26/h5-10,13-14,16-17,20,29H,3-4,11-12,15,18-19H2,1-2H3,(H,36,41)/t29-/m0/s1. The Morgan fingerprint density at radius 2 is 1.83 bits per heavy atom. The van der Waals surface area contributed by atoms with Crippen LogP contribution in [0.25, 0.3) is 11.0 Å². The first-order valence-corrected chi connectivity index (χ1v) is 16.5. The number of hydrogen-bond donors (Lipinski definition) is 1. The van der Waals surface area contributed by atoms with E-state index in [1.165, 1.54) is 10.6 Å². The Morgan fingerprint density at radius 1 is 1.00 bits per heavy atom. The number of aromatic nitrogens is 5. The van der Waals surface area contributed by atoms with E-state index in [2.05, 4.69) is 25.6 Å². The minimum Gasteiger partial charge on any atom is -0.494 e. The fraction of sp³-hybridized carbons (Fsp3) is 0.303. The predicted molar refractivity (Wildman–Crippen MR) is 171 cm³/mol. The van der Waals surface area contributed by atoms with Crippen LogP contribution in [-0.4, -0.2) is 50.2 Å². The summed E-state index contributed by atoms with van der Waals surface area (Å²) in [6, 6.07) is 15.2. The number of amides is 1. The van der Waals surface area contributed by atoms with Gasteiger partial charge in [-0.2, -0.15) is 12.7 Å². The average molecular weight is 640 g/mol. The van der Waals surface area contributed by atoms with Crippen LogP contribution in [0.4, 0.5) is 5.69 Å². The van der Waals surface area contributed by atoms with E-state index in [-0.39, 0.29) is 31.3 Å². The number of rotatable bonds is 3. The van der Waals surface area contributed by atoms with Crippen molar-refractivity contribution in [2.45, 2.75) is 58.7 Å². The van der Waals surface area contributed by atoms with Crippen molar-refractivity contribution >= 4 is 32.9 Å². The van der Waals surface area contributed by atoms with Crippen LogP contribution in [0.5, 0.6) is 11.5 Å². The summed E-state index contributed by atoms with van der Waals surface area (Å²) in [4.78, 5) is 21.5. The molecule has 0 fully saturated rings. The van der Waals surface area contributed by atoms with Crippen molar-refractivity contribution in [3.8, 4) is 11.5 Å². The van der Waals surface area contributed by atoms with Crippen molar-refractivity contribution in [2.24, 2.45) is 0 Å². The second kappa shape index (κ2) is 12.1. The number of hydrogen-bond acceptors (Lipinski definition) is 9. The molecule has 0 radical (unpaired) electrons. The van der Waals surface area contributed by atoms with Crippen molar-refractivity contribution in [1.82, 2.24) is 29.3 Å². The number of carbonyl (C=O) groups is 1. The third-order valence-electron chi connectivity index (χ3n) is 8.64. The molecule has 236 valence electrons. The van der Waals surface area contributed by atoms with E-state index in [0.717, 1.165) is 57.3 Å². The van der Waals surface area contributed by atoms with E-state index >= 15 is 0 Å². The van der Waals surface area contributed by atoms with Crippen LogP contribution in [0.15, 0.2) is 67.3 Å². The van der Waals surface area contributed by atoms with E-state index in [1.807, 2.05) is 54.9 Å². The summed E-state index contributed by atoms with van der Waals surface area (Å²) in [5.74, 6) is 0.395. The Hall–Kier alpha value is -4.88. The second-order valence-electron chi connectivity index (χ2n) is 11.7. The molecule has 8 rings (SSSR count). The van der Waals surface area contributed by atoms with Gasteiger partial charge in [-0.25, -0.2) is 14.6 Å². The number of nitrogens with zero attached hydrogens (tertiary/aromatic N) is 6. The van der Waals surface area contributed by atoms with Gasteiger partial charge >= 0.3 is 10.3 Å². The van der Waals surface area contributed by atoms with Crippen molar-refractivity contribution in [3.63, 3.8) is 0 Å². The Balaban J connectivity index is 1.32. The van der Waals surface area contributed by atoms with Gasteiger partial charge in [0.25, 0.3) is 0 Å². The SMILES string of the molecule is Cc1ccc2cc1CN1Cc3cc(ccc3OS1(=O)=O)OCCCCn1nnc3c(C)c(ccc31)[C@H]2CC(=O)Nc1cncnc1. The highest BCUT2D eigenvalue weighted by Crippen LogP contribution is 2.37. The lowest BCUT2D eigenvalue weighted by Crippen LogP contribution is -2.37. The smallest absolute Gasteiger partial charge is 0.385 e. The molecule has 3 aliphatic rings. The largest absolute Gasteiger partial charge is 0.494 e. The van der Waals surface area contributed by atoms with Crippen LogP contribution in [-0.2, 0) is 34.7 Å². The molecule has 0 saturated carbocycles. The summed E-state index contributed by atoms with van der Waals surface area (Å²) in [6.07, 6.45) is 6.25. The molecule has 0 spiro atoms. The third-order valence-corrected chi connectivity index (χ3v) is 9.92. The van der Waals surface area contributed by atoms with Crippen LogP contribution in [0, 0.1) is 13.8 Å². The maximum Gasteiger partial charge on any atom is 0.385 e. The number of nitrogens with one attached hydrogen (secondary N) is 1. The molecule has 46 heavy (non-hydrogen) atoms. The zero-order valence-electron chi connectivity index (χ0n) is 25.5. The van der Waals surface area contributed by atoms with Crippen molar-refractivity contribution in [1.29, 1.82) is 0 Å². The van der Waals surface area contributed by atoms with Crippen molar-refractivity contribution in [3.05, 3.63) is 101 Å². The first kappa shape index (κ1) is 29.8. The van der Waals surface area contributed by atoms with Crippen LogP contribution < -0.4 is 14.2 Å². The zero-order chi connectivity index (χ0) is 31.8. The van der Waals surface area contributed by atoms with Crippen LogP contribution in [0.3, 0.4) is 0 Å². The van der Waals surface area contributed by atoms with Gasteiger partial charge in [0.05, 0.1) is 30.2 Å². The van der Waals surface area contributed by atoms with Crippen LogP contribution >= 0.6 is 0 Å². The minimum atomic E-state index is -4.04. The van der Waals surface area contributed by atoms with Gasteiger partial charge in [-0.3, -0.25) is 4.79 Å². The van der Waals surface area contributed by atoms with Crippen molar-refractivity contribution < 1.29 is 22.1 Å². The van der Waals surface area contributed by atoms with Gasteiger partial charge in [-0.15, -0.1) is 5.10 Å². The monoisotopic (exact) mass is 639 g/mol. The van der Waals surface area contributed by atoms with Crippen LogP contribution in [0.2, 0.25) is 0 Å². The molecule has 5 aromatic rings. The second-order valence-corrected chi connectivity index (χ2v) is 13.3. The lowest BCUT2D eigenvalue weighted by Gasteiger charge is -2.29. The molecular weight excluding hydrogens is 606 g/mol. The minimum absolute atomic E-state index is 0.0964. The normalized spacial score (nSPS) is 19.0. The van der Waals surface area contributed by atoms with Crippen LogP contribution in [0.1, 0.15) is 58.6 Å². The summed E-state index contributed by atoms with van der Waals surface area (Å²) in [5.41, 5.74) is 7.41. The zero-order valence-corrected chi connectivity index (χ0v) is 26.3. The molecule has 5 heterocycles. The molecule has 1 unspecified atom stereocenters. The number of aryl methyl sites for hydroxylation is 3. The van der Waals surface area contributed by atoms with E-state index in [1.54, 1.807) is 24.5 Å². The number of benzene rings is 3. The molecule has 2 aromatic heterocycles. The first-order valence-electron chi connectivity index (χ1n) is 15.2.